The van der Waals surface area contributed by atoms with Gasteiger partial charge in [0.25, 0.3) is 0 Å². The average Bonchev–Trinajstić information content (AvgIpc) is 3.05. The Hall–Kier alpha value is -3.26. The molecule has 0 fully saturated rings. The molecule has 0 aliphatic rings. The summed E-state index contributed by atoms with van der Waals surface area (Å²) in [7, 11) is 0. The Balaban J connectivity index is 1.65. The minimum absolute atomic E-state index is 0.0883. The van der Waals surface area contributed by atoms with Crippen molar-refractivity contribution in [2.45, 2.75) is 6.54 Å². The molecular weight excluding hydrogens is 344 g/mol. The quantitative estimate of drug-likeness (QED) is 0.722. The molecule has 0 spiro atoms. The molecular formula is C16H13ClN6O2. The molecule has 0 radical (unpaired) electrons. The first-order valence-corrected chi connectivity index (χ1v) is 7.62. The molecule has 3 N–H and O–H groups in total. The Morgan fingerprint density at radius 3 is 2.40 bits per heavy atom. The predicted molar refractivity (Wildman–Crippen MR) is 91.9 cm³/mol. The SMILES string of the molecule is NC(=O)c1ccc(-c2nnn(CC(=O)Nc3ccc(Cl)cc3)n2)cc1. The maximum absolute atomic E-state index is 12.0. The smallest absolute Gasteiger partial charge is 0.248 e. The van der Waals surface area contributed by atoms with Crippen LogP contribution in [0, 0.1) is 0 Å². The van der Waals surface area contributed by atoms with E-state index in [0.29, 0.717) is 27.7 Å². The second-order valence-corrected chi connectivity index (χ2v) is 5.58. The van der Waals surface area contributed by atoms with Crippen LogP contribution in [0.4, 0.5) is 5.69 Å². The van der Waals surface area contributed by atoms with E-state index in [2.05, 4.69) is 20.7 Å². The fourth-order valence-electron chi connectivity index (χ4n) is 2.07. The molecule has 3 rings (SSSR count). The summed E-state index contributed by atoms with van der Waals surface area (Å²) in [6.45, 7) is -0.0883. The number of primary amides is 1. The van der Waals surface area contributed by atoms with Gasteiger partial charge in [0.15, 0.2) is 0 Å². The van der Waals surface area contributed by atoms with Gasteiger partial charge in [-0.25, -0.2) is 0 Å². The number of aromatic nitrogens is 4. The molecule has 0 bridgehead atoms. The van der Waals surface area contributed by atoms with Gasteiger partial charge in [-0.05, 0) is 41.6 Å². The Kier molecular flexibility index (Phi) is 4.71. The summed E-state index contributed by atoms with van der Waals surface area (Å²) >= 11 is 5.80. The molecule has 0 aliphatic carbocycles. The summed E-state index contributed by atoms with van der Waals surface area (Å²) in [5, 5.41) is 15.2. The zero-order valence-corrected chi connectivity index (χ0v) is 13.6. The fourth-order valence-corrected chi connectivity index (χ4v) is 2.20. The highest BCUT2D eigenvalue weighted by molar-refractivity contribution is 6.30. The van der Waals surface area contributed by atoms with Gasteiger partial charge in [0.2, 0.25) is 17.6 Å². The number of anilines is 1. The number of tetrazole rings is 1. The summed E-state index contributed by atoms with van der Waals surface area (Å²) in [5.74, 6) is -0.465. The van der Waals surface area contributed by atoms with Crippen LogP contribution >= 0.6 is 11.6 Å². The first-order chi connectivity index (χ1) is 12.0. The van der Waals surface area contributed by atoms with Gasteiger partial charge in [0.1, 0.15) is 6.54 Å². The molecule has 2 aromatic carbocycles. The van der Waals surface area contributed by atoms with Crippen LogP contribution in [0.15, 0.2) is 48.5 Å². The first-order valence-electron chi connectivity index (χ1n) is 7.25. The van der Waals surface area contributed by atoms with Gasteiger partial charge in [0.05, 0.1) is 0 Å². The molecule has 0 unspecified atom stereocenters. The molecule has 126 valence electrons. The summed E-state index contributed by atoms with van der Waals surface area (Å²) < 4.78 is 0. The van der Waals surface area contributed by atoms with E-state index in [1.54, 1.807) is 48.5 Å². The molecule has 8 nitrogen and oxygen atoms in total. The number of amides is 2. The van der Waals surface area contributed by atoms with Crippen LogP contribution in [0.25, 0.3) is 11.4 Å². The van der Waals surface area contributed by atoms with Crippen molar-refractivity contribution in [3.63, 3.8) is 0 Å². The van der Waals surface area contributed by atoms with E-state index >= 15 is 0 Å². The van der Waals surface area contributed by atoms with Crippen molar-refractivity contribution >= 4 is 29.1 Å². The second kappa shape index (κ2) is 7.10. The topological polar surface area (TPSA) is 116 Å². The van der Waals surface area contributed by atoms with Gasteiger partial charge in [0, 0.05) is 21.8 Å². The van der Waals surface area contributed by atoms with Crippen molar-refractivity contribution in [2.75, 3.05) is 5.32 Å². The number of carbonyl (C=O) groups is 2. The summed E-state index contributed by atoms with van der Waals surface area (Å²) in [6, 6.07) is 13.2. The third-order valence-electron chi connectivity index (χ3n) is 3.29. The number of nitrogens with one attached hydrogen (secondary N) is 1. The minimum atomic E-state index is -0.512. The molecule has 0 atom stereocenters. The Labute approximate surface area is 147 Å². The van der Waals surface area contributed by atoms with E-state index < -0.39 is 5.91 Å². The Bertz CT molecular complexity index is 905. The lowest BCUT2D eigenvalue weighted by Gasteiger charge is -2.04. The Morgan fingerprint density at radius 2 is 1.76 bits per heavy atom. The van der Waals surface area contributed by atoms with Crippen molar-refractivity contribution in [3.05, 3.63) is 59.1 Å². The number of carbonyl (C=O) groups excluding carboxylic acids is 2. The van der Waals surface area contributed by atoms with Crippen LogP contribution in [0.1, 0.15) is 10.4 Å². The van der Waals surface area contributed by atoms with E-state index in [1.807, 2.05) is 0 Å². The third-order valence-corrected chi connectivity index (χ3v) is 3.55. The molecule has 0 aliphatic heterocycles. The van der Waals surface area contributed by atoms with Crippen molar-refractivity contribution in [1.82, 2.24) is 20.2 Å². The van der Waals surface area contributed by atoms with E-state index in [0.717, 1.165) is 0 Å². The lowest BCUT2D eigenvalue weighted by atomic mass is 10.1. The van der Waals surface area contributed by atoms with Gasteiger partial charge in [-0.1, -0.05) is 23.7 Å². The maximum atomic E-state index is 12.0. The van der Waals surface area contributed by atoms with E-state index in [4.69, 9.17) is 17.3 Å². The number of benzene rings is 2. The molecule has 2 amide bonds. The van der Waals surface area contributed by atoms with Crippen LogP contribution in [0.5, 0.6) is 0 Å². The summed E-state index contributed by atoms with van der Waals surface area (Å²) in [5.41, 5.74) is 6.87. The zero-order chi connectivity index (χ0) is 17.8. The lowest BCUT2D eigenvalue weighted by Crippen LogP contribution is -2.20. The largest absolute Gasteiger partial charge is 0.366 e. The standard InChI is InChI=1S/C16H13ClN6O2/c17-12-5-7-13(8-6-12)19-14(24)9-23-21-16(20-22-23)11-3-1-10(2-4-11)15(18)25/h1-8H,9H2,(H2,18,25)(H,19,24). The van der Waals surface area contributed by atoms with Gasteiger partial charge in [-0.2, -0.15) is 4.80 Å². The van der Waals surface area contributed by atoms with Crippen molar-refractivity contribution in [3.8, 4) is 11.4 Å². The van der Waals surface area contributed by atoms with Crippen molar-refractivity contribution in [2.24, 2.45) is 5.73 Å². The predicted octanol–water partition coefficient (Wildman–Crippen LogP) is 1.73. The van der Waals surface area contributed by atoms with Crippen LogP contribution < -0.4 is 11.1 Å². The molecule has 3 aromatic rings. The summed E-state index contributed by atoms with van der Waals surface area (Å²) in [4.78, 5) is 24.3. The van der Waals surface area contributed by atoms with Gasteiger partial charge in [-0.15, -0.1) is 10.2 Å². The molecule has 0 saturated carbocycles. The highest BCUT2D eigenvalue weighted by Gasteiger charge is 2.10. The molecule has 1 aromatic heterocycles. The lowest BCUT2D eigenvalue weighted by molar-refractivity contribution is -0.117. The highest BCUT2D eigenvalue weighted by atomic mass is 35.5. The number of rotatable bonds is 5. The molecule has 9 heteroatoms. The first kappa shape index (κ1) is 16.6. The monoisotopic (exact) mass is 356 g/mol. The van der Waals surface area contributed by atoms with Gasteiger partial charge in [-0.3, -0.25) is 9.59 Å². The number of nitrogens with two attached hydrogens (primary N) is 1. The summed E-state index contributed by atoms with van der Waals surface area (Å²) in [6.07, 6.45) is 0. The maximum Gasteiger partial charge on any atom is 0.248 e. The molecule has 0 saturated heterocycles. The van der Waals surface area contributed by atoms with Crippen LogP contribution in [0.2, 0.25) is 5.02 Å². The normalized spacial score (nSPS) is 10.4. The van der Waals surface area contributed by atoms with Crippen molar-refractivity contribution < 1.29 is 9.59 Å². The van der Waals surface area contributed by atoms with E-state index in [-0.39, 0.29) is 12.5 Å². The fraction of sp³-hybridized carbons (Fsp3) is 0.0625. The minimum Gasteiger partial charge on any atom is -0.366 e. The zero-order valence-electron chi connectivity index (χ0n) is 12.9. The number of nitrogens with zero attached hydrogens (tertiary/aromatic N) is 4. The average molecular weight is 357 g/mol. The third kappa shape index (κ3) is 4.18. The van der Waals surface area contributed by atoms with E-state index in [9.17, 15) is 9.59 Å². The van der Waals surface area contributed by atoms with Crippen LogP contribution in [-0.2, 0) is 11.3 Å². The molecule has 25 heavy (non-hydrogen) atoms. The number of hydrogen-bond acceptors (Lipinski definition) is 5. The highest BCUT2D eigenvalue weighted by Crippen LogP contribution is 2.15. The number of halogens is 1. The van der Waals surface area contributed by atoms with Crippen LogP contribution in [-0.4, -0.2) is 32.0 Å². The van der Waals surface area contributed by atoms with E-state index in [1.165, 1.54) is 4.80 Å². The van der Waals surface area contributed by atoms with Gasteiger partial charge < -0.3 is 11.1 Å². The molecule has 1 heterocycles. The Morgan fingerprint density at radius 1 is 1.08 bits per heavy atom. The van der Waals surface area contributed by atoms with Gasteiger partial charge >= 0.3 is 0 Å². The van der Waals surface area contributed by atoms with Crippen molar-refractivity contribution in [1.29, 1.82) is 0 Å². The number of hydrogen-bond donors (Lipinski definition) is 2. The van der Waals surface area contributed by atoms with Crippen LogP contribution in [0.3, 0.4) is 0 Å². The second-order valence-electron chi connectivity index (χ2n) is 5.14.